The molecular weight excluding hydrogens is 572 g/mol. The summed E-state index contributed by atoms with van der Waals surface area (Å²) in [5.41, 5.74) is 3.24. The molecular formula is C33H40N8O4. The maximum absolute atomic E-state index is 14.4. The first kappa shape index (κ1) is 28.4. The van der Waals surface area contributed by atoms with E-state index >= 15 is 0 Å². The highest BCUT2D eigenvalue weighted by Crippen LogP contribution is 2.70. The zero-order valence-corrected chi connectivity index (χ0v) is 26.5. The van der Waals surface area contributed by atoms with Crippen LogP contribution >= 0.6 is 0 Å². The molecule has 1 saturated heterocycles. The van der Waals surface area contributed by atoms with Crippen molar-refractivity contribution in [2.24, 2.45) is 11.3 Å². The fraction of sp³-hybridized carbons (Fsp3) is 0.606. The van der Waals surface area contributed by atoms with Gasteiger partial charge in [0.25, 0.3) is 5.91 Å². The summed E-state index contributed by atoms with van der Waals surface area (Å²) in [6.07, 6.45) is 8.24. The lowest BCUT2D eigenvalue weighted by Gasteiger charge is -2.73. The Morgan fingerprint density at radius 2 is 1.80 bits per heavy atom. The first-order valence-electron chi connectivity index (χ1n) is 16.3. The number of aromatic nitrogens is 5. The van der Waals surface area contributed by atoms with E-state index in [0.29, 0.717) is 53.6 Å². The monoisotopic (exact) mass is 612 g/mol. The number of aryl methyl sites for hydroxylation is 2. The molecule has 12 heteroatoms. The van der Waals surface area contributed by atoms with E-state index in [4.69, 9.17) is 0 Å². The Labute approximate surface area is 261 Å². The van der Waals surface area contributed by atoms with Crippen LogP contribution < -0.4 is 15.6 Å². The first-order chi connectivity index (χ1) is 21.4. The minimum absolute atomic E-state index is 0.00419. The molecule has 236 valence electrons. The highest BCUT2D eigenvalue weighted by molar-refractivity contribution is 5.95. The number of hydrogen-bond acceptors (Lipinski definition) is 9. The molecule has 2 bridgehead atoms. The van der Waals surface area contributed by atoms with Gasteiger partial charge in [-0.05, 0) is 63.7 Å². The van der Waals surface area contributed by atoms with Gasteiger partial charge in [-0.25, -0.2) is 19.9 Å². The molecule has 0 radical (unpaired) electrons. The topological polar surface area (TPSA) is 146 Å². The third kappa shape index (κ3) is 3.86. The summed E-state index contributed by atoms with van der Waals surface area (Å²) in [6, 6.07) is -0.691. The van der Waals surface area contributed by atoms with E-state index < -0.39 is 6.04 Å². The summed E-state index contributed by atoms with van der Waals surface area (Å²) < 4.78 is 2.00. The van der Waals surface area contributed by atoms with E-state index in [1.54, 1.807) is 18.0 Å². The van der Waals surface area contributed by atoms with Crippen LogP contribution in [0, 0.1) is 25.2 Å². The summed E-state index contributed by atoms with van der Waals surface area (Å²) in [7, 11) is 0. The lowest BCUT2D eigenvalue weighted by molar-refractivity contribution is -0.188. The third-order valence-electron chi connectivity index (χ3n) is 11.7. The van der Waals surface area contributed by atoms with Crippen LogP contribution in [0.1, 0.15) is 98.8 Å². The normalized spacial score (nSPS) is 31.2. The summed E-state index contributed by atoms with van der Waals surface area (Å²) in [6.45, 7) is 10.9. The molecule has 5 fully saturated rings. The van der Waals surface area contributed by atoms with Crippen LogP contribution in [0.15, 0.2) is 17.3 Å². The van der Waals surface area contributed by atoms with Crippen molar-refractivity contribution in [1.29, 1.82) is 0 Å². The molecule has 0 aromatic carbocycles. The van der Waals surface area contributed by atoms with Crippen molar-refractivity contribution in [2.75, 3.05) is 18.0 Å². The maximum atomic E-state index is 14.4. The quantitative estimate of drug-likeness (QED) is 0.444. The molecule has 0 unspecified atom stereocenters. The van der Waals surface area contributed by atoms with Gasteiger partial charge >= 0.3 is 0 Å². The fourth-order valence-corrected chi connectivity index (χ4v) is 9.08. The molecule has 5 heterocycles. The minimum atomic E-state index is -0.484. The second kappa shape index (κ2) is 9.46. The number of aromatic hydroxyl groups is 1. The molecule has 2 N–H and O–H groups in total. The first-order valence-corrected chi connectivity index (χ1v) is 16.3. The summed E-state index contributed by atoms with van der Waals surface area (Å²) >= 11 is 0. The predicted molar refractivity (Wildman–Crippen MR) is 166 cm³/mol. The van der Waals surface area contributed by atoms with Crippen molar-refractivity contribution in [2.45, 2.75) is 103 Å². The molecule has 6 aliphatic rings. The Morgan fingerprint density at radius 3 is 2.49 bits per heavy atom. The van der Waals surface area contributed by atoms with Crippen LogP contribution in [0.3, 0.4) is 0 Å². The molecule has 4 saturated carbocycles. The van der Waals surface area contributed by atoms with Crippen molar-refractivity contribution in [1.82, 2.24) is 34.7 Å². The molecule has 4 atom stereocenters. The number of anilines is 1. The largest absolute Gasteiger partial charge is 0.504 e. The molecule has 0 spiro atoms. The van der Waals surface area contributed by atoms with E-state index in [1.807, 2.05) is 11.5 Å². The van der Waals surface area contributed by atoms with Gasteiger partial charge in [-0.15, -0.1) is 0 Å². The maximum Gasteiger partial charge on any atom is 0.276 e. The van der Waals surface area contributed by atoms with Crippen LogP contribution in [0.4, 0.5) is 5.69 Å². The molecule has 45 heavy (non-hydrogen) atoms. The fourth-order valence-electron chi connectivity index (χ4n) is 9.08. The van der Waals surface area contributed by atoms with Crippen molar-refractivity contribution < 1.29 is 14.7 Å². The highest BCUT2D eigenvalue weighted by Gasteiger charge is 2.69. The molecule has 9 rings (SSSR count). The lowest BCUT2D eigenvalue weighted by atomic mass is 9.36. The zero-order valence-electron chi connectivity index (χ0n) is 26.5. The number of amides is 2. The van der Waals surface area contributed by atoms with Crippen molar-refractivity contribution in [3.63, 3.8) is 0 Å². The lowest BCUT2D eigenvalue weighted by Crippen LogP contribution is -2.76. The number of nitrogens with one attached hydrogen (secondary N) is 1. The molecule has 3 aromatic heterocycles. The van der Waals surface area contributed by atoms with Gasteiger partial charge in [0.2, 0.25) is 11.3 Å². The Morgan fingerprint density at radius 1 is 1.07 bits per heavy atom. The molecule has 4 aliphatic carbocycles. The second-order valence-corrected chi connectivity index (χ2v) is 14.6. The Kier molecular flexibility index (Phi) is 5.97. The summed E-state index contributed by atoms with van der Waals surface area (Å²) in [5, 5.41) is 13.9. The van der Waals surface area contributed by atoms with E-state index in [0.717, 1.165) is 37.8 Å². The standard InChI is InChI=1S/C33H40N8O4/c1-16(2)32-12-33(13-32,14-32)38-30(44)22-10-17(3)25-26(28(43)23-29(41(22)25)34-11-18(4)37-23)39-8-9-40(21-7-6-20(21)39)31(45)24-27(42)19(5)35-15-36-24/h11,15-17,20-22,42H,6-10,12-14H2,1-5H3,(H,38,44)/t17-,20+,21+,22-,32?,33?/m1/s1. The average molecular weight is 613 g/mol. The van der Waals surface area contributed by atoms with Crippen molar-refractivity contribution in [3.05, 3.63) is 45.5 Å². The zero-order chi connectivity index (χ0) is 31.6. The van der Waals surface area contributed by atoms with Crippen molar-refractivity contribution in [3.8, 4) is 5.75 Å². The Balaban J connectivity index is 1.16. The van der Waals surface area contributed by atoms with Crippen molar-refractivity contribution >= 4 is 28.7 Å². The van der Waals surface area contributed by atoms with E-state index in [9.17, 15) is 19.5 Å². The van der Waals surface area contributed by atoms with Gasteiger partial charge < -0.3 is 24.8 Å². The molecule has 2 amide bonds. The van der Waals surface area contributed by atoms with E-state index in [1.165, 1.54) is 6.33 Å². The minimum Gasteiger partial charge on any atom is -0.504 e. The number of nitrogens with zero attached hydrogens (tertiary/aromatic N) is 7. The van der Waals surface area contributed by atoms with Gasteiger partial charge in [-0.2, -0.15) is 0 Å². The van der Waals surface area contributed by atoms with Gasteiger partial charge in [0.05, 0.1) is 29.3 Å². The predicted octanol–water partition coefficient (Wildman–Crippen LogP) is 3.14. The van der Waals surface area contributed by atoms with Gasteiger partial charge in [-0.3, -0.25) is 14.4 Å². The Bertz CT molecular complexity index is 1830. The number of pyridine rings is 1. The SMILES string of the molecule is Cc1cnc2c(n1)c(=O)c(N1CCN(C(=O)c3ncnc(C)c3O)[C@H]3CC[C@@H]31)c1n2[C@@H](C(=O)NC23CC(C(C)C)(C2)C3)C[C@H]1C. The van der Waals surface area contributed by atoms with Gasteiger partial charge in [0.1, 0.15) is 18.1 Å². The average Bonchev–Trinajstić information content (AvgIpc) is 3.28. The second-order valence-electron chi connectivity index (χ2n) is 14.6. The number of piperazine rings is 1. The number of carbonyl (C=O) groups excluding carboxylic acids is 2. The van der Waals surface area contributed by atoms with Gasteiger partial charge in [0.15, 0.2) is 22.6 Å². The smallest absolute Gasteiger partial charge is 0.276 e. The number of fused-ring (bicyclic) bond motifs is 4. The number of rotatable bonds is 5. The molecule has 2 aliphatic heterocycles. The Hall–Kier alpha value is -4.09. The van der Waals surface area contributed by atoms with E-state index in [2.05, 4.69) is 50.9 Å². The third-order valence-corrected chi connectivity index (χ3v) is 11.7. The van der Waals surface area contributed by atoms with Gasteiger partial charge in [-0.1, -0.05) is 20.8 Å². The molecule has 3 aromatic rings. The number of carbonyl (C=O) groups is 2. The van der Waals surface area contributed by atoms with Crippen LogP contribution in [0.25, 0.3) is 11.2 Å². The number of hydrogen-bond donors (Lipinski definition) is 2. The van der Waals surface area contributed by atoms with E-state index in [-0.39, 0.29) is 57.7 Å². The van der Waals surface area contributed by atoms with Gasteiger partial charge in [0, 0.05) is 30.6 Å². The van der Waals surface area contributed by atoms with Crippen LogP contribution in [0.5, 0.6) is 5.75 Å². The van der Waals surface area contributed by atoms with Crippen LogP contribution in [-0.2, 0) is 4.79 Å². The van der Waals surface area contributed by atoms with Crippen LogP contribution in [-0.4, -0.2) is 77.0 Å². The summed E-state index contributed by atoms with van der Waals surface area (Å²) in [4.78, 5) is 63.3. The summed E-state index contributed by atoms with van der Waals surface area (Å²) in [5.74, 6) is 0.0298. The molecule has 12 nitrogen and oxygen atoms in total. The van der Waals surface area contributed by atoms with Crippen LogP contribution in [0.2, 0.25) is 0 Å². The highest BCUT2D eigenvalue weighted by atomic mass is 16.3.